The number of alkyl halides is 3. The van der Waals surface area contributed by atoms with Gasteiger partial charge in [-0.25, -0.2) is 0 Å². The third-order valence-corrected chi connectivity index (χ3v) is 2.55. The van der Waals surface area contributed by atoms with Crippen LogP contribution in [-0.2, 0) is 4.79 Å². The molecule has 18 heavy (non-hydrogen) atoms. The molecule has 1 amide bonds. The molecule has 1 heterocycles. The molecule has 9 heteroatoms. The summed E-state index contributed by atoms with van der Waals surface area (Å²) in [5.41, 5.74) is 0. The molecule has 0 saturated carbocycles. The summed E-state index contributed by atoms with van der Waals surface area (Å²) in [6, 6.07) is 0. The van der Waals surface area contributed by atoms with Crippen LogP contribution >= 0.6 is 11.8 Å². The molecule has 0 radical (unpaired) electrons. The van der Waals surface area contributed by atoms with Gasteiger partial charge in [-0.1, -0.05) is 25.6 Å². The number of carbonyl (C=O) groups is 1. The maximum atomic E-state index is 11.8. The van der Waals surface area contributed by atoms with Gasteiger partial charge >= 0.3 is 6.18 Å². The molecule has 1 aromatic rings. The van der Waals surface area contributed by atoms with Gasteiger partial charge in [-0.05, 0) is 0 Å². The van der Waals surface area contributed by atoms with Crippen LogP contribution in [-0.4, -0.2) is 34.6 Å². The molecule has 0 aliphatic rings. The molecular weight excluding hydrogens is 271 g/mol. The van der Waals surface area contributed by atoms with Crippen LogP contribution in [0.2, 0.25) is 0 Å². The Labute approximate surface area is 106 Å². The van der Waals surface area contributed by atoms with Crippen molar-refractivity contribution in [2.24, 2.45) is 0 Å². The molecule has 0 fully saturated rings. The van der Waals surface area contributed by atoms with Gasteiger partial charge in [-0.15, -0.1) is 10.2 Å². The number of halogens is 3. The summed E-state index contributed by atoms with van der Waals surface area (Å²) in [5, 5.41) is 9.31. The van der Waals surface area contributed by atoms with Crippen molar-refractivity contribution in [2.75, 3.05) is 12.3 Å². The molecule has 0 bridgehead atoms. The molecule has 0 aromatic carbocycles. The van der Waals surface area contributed by atoms with Crippen LogP contribution in [0.3, 0.4) is 0 Å². The summed E-state index contributed by atoms with van der Waals surface area (Å²) in [4.78, 5) is 11.1. The standard InChI is InChI=1S/C9H12F3N3O2S/c1-5(2)7-14-15-8(17-7)18-3-6(16)13-4-9(10,11)12/h5H,3-4H2,1-2H3,(H,13,16). The van der Waals surface area contributed by atoms with Crippen molar-refractivity contribution < 1.29 is 22.4 Å². The van der Waals surface area contributed by atoms with E-state index in [0.717, 1.165) is 11.8 Å². The second kappa shape index (κ2) is 6.07. The number of nitrogens with one attached hydrogen (secondary N) is 1. The average Bonchev–Trinajstić information content (AvgIpc) is 2.71. The fourth-order valence-corrected chi connectivity index (χ4v) is 1.49. The van der Waals surface area contributed by atoms with Crippen molar-refractivity contribution in [1.29, 1.82) is 0 Å². The van der Waals surface area contributed by atoms with E-state index in [1.807, 2.05) is 13.8 Å². The number of rotatable bonds is 5. The Morgan fingerprint density at radius 2 is 2.11 bits per heavy atom. The van der Waals surface area contributed by atoms with Crippen molar-refractivity contribution in [3.8, 4) is 0 Å². The summed E-state index contributed by atoms with van der Waals surface area (Å²) in [6.07, 6.45) is -4.41. The van der Waals surface area contributed by atoms with Crippen molar-refractivity contribution in [3.63, 3.8) is 0 Å². The maximum Gasteiger partial charge on any atom is 0.405 e. The van der Waals surface area contributed by atoms with E-state index < -0.39 is 18.6 Å². The molecule has 0 saturated heterocycles. The SMILES string of the molecule is CC(C)c1nnc(SCC(=O)NCC(F)(F)F)o1. The fraction of sp³-hybridized carbons (Fsp3) is 0.667. The van der Waals surface area contributed by atoms with E-state index in [2.05, 4.69) is 10.2 Å². The number of nitrogens with zero attached hydrogens (tertiary/aromatic N) is 2. The van der Waals surface area contributed by atoms with Gasteiger partial charge in [0.1, 0.15) is 6.54 Å². The first kappa shape index (κ1) is 14.8. The summed E-state index contributed by atoms with van der Waals surface area (Å²) < 4.78 is 40.6. The fourth-order valence-electron chi connectivity index (χ4n) is 0.889. The third-order valence-electron chi connectivity index (χ3n) is 1.73. The van der Waals surface area contributed by atoms with Crippen molar-refractivity contribution >= 4 is 17.7 Å². The van der Waals surface area contributed by atoms with Crippen molar-refractivity contribution in [2.45, 2.75) is 31.2 Å². The quantitative estimate of drug-likeness (QED) is 0.837. The predicted molar refractivity (Wildman–Crippen MR) is 58.2 cm³/mol. The van der Waals surface area contributed by atoms with Crippen molar-refractivity contribution in [3.05, 3.63) is 5.89 Å². The summed E-state index contributed by atoms with van der Waals surface area (Å²) >= 11 is 0.898. The van der Waals surface area contributed by atoms with Gasteiger partial charge in [-0.3, -0.25) is 4.79 Å². The lowest BCUT2D eigenvalue weighted by molar-refractivity contribution is -0.136. The number of thioether (sulfide) groups is 1. The van der Waals surface area contributed by atoms with Crippen LogP contribution in [0.1, 0.15) is 25.7 Å². The van der Waals surface area contributed by atoms with Gasteiger partial charge in [0.05, 0.1) is 5.75 Å². The van der Waals surface area contributed by atoms with E-state index in [1.165, 1.54) is 0 Å². The van der Waals surface area contributed by atoms with Gasteiger partial charge < -0.3 is 9.73 Å². The molecule has 1 aromatic heterocycles. The highest BCUT2D eigenvalue weighted by Crippen LogP contribution is 2.20. The minimum absolute atomic E-state index is 0.0610. The lowest BCUT2D eigenvalue weighted by atomic mass is 10.2. The number of hydrogen-bond acceptors (Lipinski definition) is 5. The van der Waals surface area contributed by atoms with Gasteiger partial charge in [0.25, 0.3) is 5.22 Å². The Bertz CT molecular complexity index is 406. The highest BCUT2D eigenvalue weighted by Gasteiger charge is 2.27. The topological polar surface area (TPSA) is 68.0 Å². The Balaban J connectivity index is 2.33. The van der Waals surface area contributed by atoms with E-state index in [9.17, 15) is 18.0 Å². The highest BCUT2D eigenvalue weighted by molar-refractivity contribution is 7.99. The van der Waals surface area contributed by atoms with Crippen LogP contribution < -0.4 is 5.32 Å². The van der Waals surface area contributed by atoms with Gasteiger partial charge in [0, 0.05) is 5.92 Å². The molecule has 5 nitrogen and oxygen atoms in total. The van der Waals surface area contributed by atoms with Crippen LogP contribution in [0.15, 0.2) is 9.64 Å². The summed E-state index contributed by atoms with van der Waals surface area (Å²) in [6.45, 7) is 2.38. The lowest BCUT2D eigenvalue weighted by Crippen LogP contribution is -2.34. The molecule has 1 rings (SSSR count). The molecule has 102 valence electrons. The number of carbonyl (C=O) groups excluding carboxylic acids is 1. The Morgan fingerprint density at radius 1 is 1.44 bits per heavy atom. The van der Waals surface area contributed by atoms with E-state index >= 15 is 0 Å². The lowest BCUT2D eigenvalue weighted by Gasteiger charge is -2.06. The van der Waals surface area contributed by atoms with E-state index in [-0.39, 0.29) is 16.9 Å². The first-order chi connectivity index (χ1) is 8.28. The number of aromatic nitrogens is 2. The van der Waals surface area contributed by atoms with Crippen LogP contribution in [0.5, 0.6) is 0 Å². The highest BCUT2D eigenvalue weighted by atomic mass is 32.2. The first-order valence-corrected chi connectivity index (χ1v) is 6.06. The minimum Gasteiger partial charge on any atom is -0.416 e. The van der Waals surface area contributed by atoms with Crippen LogP contribution in [0, 0.1) is 0 Å². The number of amides is 1. The summed E-state index contributed by atoms with van der Waals surface area (Å²) in [7, 11) is 0. The normalized spacial score (nSPS) is 11.9. The molecule has 0 atom stereocenters. The second-order valence-electron chi connectivity index (χ2n) is 3.74. The smallest absolute Gasteiger partial charge is 0.405 e. The third kappa shape index (κ3) is 5.39. The predicted octanol–water partition coefficient (Wildman–Crippen LogP) is 1.96. The Morgan fingerprint density at radius 3 is 2.61 bits per heavy atom. The van der Waals surface area contributed by atoms with Crippen molar-refractivity contribution in [1.82, 2.24) is 15.5 Å². The van der Waals surface area contributed by atoms with Gasteiger partial charge in [0.15, 0.2) is 0 Å². The monoisotopic (exact) mass is 283 g/mol. The molecule has 0 spiro atoms. The van der Waals surface area contributed by atoms with Crippen LogP contribution in [0.25, 0.3) is 0 Å². The first-order valence-electron chi connectivity index (χ1n) is 5.07. The molecule has 0 aliphatic heterocycles. The molecular formula is C9H12F3N3O2S. The summed E-state index contributed by atoms with van der Waals surface area (Å²) in [5.74, 6) is -0.448. The van der Waals surface area contributed by atoms with Gasteiger partial charge in [-0.2, -0.15) is 13.2 Å². The zero-order chi connectivity index (χ0) is 13.8. The zero-order valence-electron chi connectivity index (χ0n) is 9.74. The number of hydrogen-bond donors (Lipinski definition) is 1. The molecule has 0 unspecified atom stereocenters. The Hall–Kier alpha value is -1.25. The average molecular weight is 283 g/mol. The molecule has 0 aliphatic carbocycles. The van der Waals surface area contributed by atoms with Crippen LogP contribution in [0.4, 0.5) is 13.2 Å². The second-order valence-corrected chi connectivity index (χ2v) is 4.67. The van der Waals surface area contributed by atoms with E-state index in [0.29, 0.717) is 5.89 Å². The van der Waals surface area contributed by atoms with E-state index in [1.54, 1.807) is 5.32 Å². The Kier molecular flexibility index (Phi) is 5.00. The van der Waals surface area contributed by atoms with E-state index in [4.69, 9.17) is 4.42 Å². The minimum atomic E-state index is -4.41. The largest absolute Gasteiger partial charge is 0.416 e. The zero-order valence-corrected chi connectivity index (χ0v) is 10.6. The molecule has 1 N–H and O–H groups in total. The van der Waals surface area contributed by atoms with Gasteiger partial charge in [0.2, 0.25) is 11.8 Å². The maximum absolute atomic E-state index is 11.8.